The maximum absolute atomic E-state index is 5.87. The average molecular weight is 420 g/mol. The third-order valence-electron chi connectivity index (χ3n) is 3.92. The van der Waals surface area contributed by atoms with Crippen LogP contribution in [0.5, 0.6) is 5.75 Å². The molecule has 3 rings (SSSR count). The zero-order valence-corrected chi connectivity index (χ0v) is 17.8. The first kappa shape index (κ1) is 20.1. The van der Waals surface area contributed by atoms with Crippen molar-refractivity contribution in [3.63, 3.8) is 0 Å². The Kier molecular flexibility index (Phi) is 7.50. The van der Waals surface area contributed by atoms with E-state index in [1.165, 1.54) is 10.5 Å². The summed E-state index contributed by atoms with van der Waals surface area (Å²) in [6, 6.07) is 16.0. The molecule has 0 fully saturated rings. The van der Waals surface area contributed by atoms with E-state index in [1.54, 1.807) is 23.5 Å². The van der Waals surface area contributed by atoms with Gasteiger partial charge < -0.3 is 9.30 Å². The molecular formula is C20H22ClN3OS2. The molecular weight excluding hydrogens is 398 g/mol. The van der Waals surface area contributed by atoms with Crippen LogP contribution in [0.4, 0.5) is 0 Å². The van der Waals surface area contributed by atoms with E-state index >= 15 is 0 Å². The van der Waals surface area contributed by atoms with Crippen molar-refractivity contribution in [1.29, 1.82) is 0 Å². The first-order valence-electron chi connectivity index (χ1n) is 8.71. The van der Waals surface area contributed by atoms with E-state index in [4.69, 9.17) is 16.3 Å². The molecule has 7 heteroatoms. The van der Waals surface area contributed by atoms with E-state index in [-0.39, 0.29) is 0 Å². The number of aromatic nitrogens is 3. The summed E-state index contributed by atoms with van der Waals surface area (Å²) in [7, 11) is 2.03. The Hall–Kier alpha value is -1.63. The first-order valence-corrected chi connectivity index (χ1v) is 11.1. The highest BCUT2D eigenvalue weighted by atomic mass is 35.5. The monoisotopic (exact) mass is 419 g/mol. The van der Waals surface area contributed by atoms with Gasteiger partial charge in [0.05, 0.1) is 12.4 Å². The smallest absolute Gasteiger partial charge is 0.190 e. The Morgan fingerprint density at radius 2 is 1.74 bits per heavy atom. The van der Waals surface area contributed by atoms with E-state index in [0.717, 1.165) is 39.7 Å². The lowest BCUT2D eigenvalue weighted by Gasteiger charge is -2.06. The fraction of sp³-hybridized carbons (Fsp3) is 0.300. The predicted molar refractivity (Wildman–Crippen MR) is 114 cm³/mol. The third-order valence-corrected chi connectivity index (χ3v) is 6.28. The van der Waals surface area contributed by atoms with Crippen molar-refractivity contribution < 1.29 is 4.74 Å². The maximum atomic E-state index is 5.87. The maximum Gasteiger partial charge on any atom is 0.190 e. The summed E-state index contributed by atoms with van der Waals surface area (Å²) in [6.45, 7) is 2.77. The molecule has 142 valence electrons. The molecule has 0 unspecified atom stereocenters. The van der Waals surface area contributed by atoms with Gasteiger partial charge in [-0.05, 0) is 49.7 Å². The van der Waals surface area contributed by atoms with E-state index in [2.05, 4.69) is 46.0 Å². The van der Waals surface area contributed by atoms with Crippen LogP contribution in [0.3, 0.4) is 0 Å². The summed E-state index contributed by atoms with van der Waals surface area (Å²) in [5.41, 5.74) is 1.27. The summed E-state index contributed by atoms with van der Waals surface area (Å²) >= 11 is 9.35. The third kappa shape index (κ3) is 6.19. The lowest BCUT2D eigenvalue weighted by molar-refractivity contribution is 0.318. The number of ether oxygens (including phenoxy) is 1. The number of nitrogens with zero attached hydrogens (tertiary/aromatic N) is 3. The second-order valence-electron chi connectivity index (χ2n) is 6.06. The van der Waals surface area contributed by atoms with E-state index < -0.39 is 0 Å². The van der Waals surface area contributed by atoms with Gasteiger partial charge in [0, 0.05) is 22.7 Å². The Labute approximate surface area is 173 Å². The lowest BCUT2D eigenvalue weighted by Crippen LogP contribution is -2.00. The van der Waals surface area contributed by atoms with E-state index in [0.29, 0.717) is 6.61 Å². The molecule has 0 saturated heterocycles. The number of rotatable bonds is 9. The summed E-state index contributed by atoms with van der Waals surface area (Å²) in [6.07, 6.45) is 0.938. The number of halogens is 1. The SMILES string of the molecule is Cc1ccc(SCc2nnc(SCCCOc3ccc(Cl)cc3)n2C)cc1. The zero-order valence-electron chi connectivity index (χ0n) is 15.4. The standard InChI is InChI=1S/C20H22ClN3OS2/c1-15-4-10-18(11-5-15)27-14-19-22-23-20(24(19)2)26-13-3-12-25-17-8-6-16(21)7-9-17/h4-11H,3,12-14H2,1-2H3. The number of thioether (sulfide) groups is 2. The van der Waals surface area contributed by atoms with E-state index in [9.17, 15) is 0 Å². The minimum absolute atomic E-state index is 0.669. The predicted octanol–water partition coefficient (Wildman–Crippen LogP) is 5.63. The van der Waals surface area contributed by atoms with Crippen molar-refractivity contribution in [3.8, 4) is 5.75 Å². The van der Waals surface area contributed by atoms with Crippen molar-refractivity contribution in [2.45, 2.75) is 29.1 Å². The highest BCUT2D eigenvalue weighted by Crippen LogP contribution is 2.24. The molecule has 0 spiro atoms. The summed E-state index contributed by atoms with van der Waals surface area (Å²) < 4.78 is 7.79. The van der Waals surface area contributed by atoms with Gasteiger partial charge in [-0.1, -0.05) is 41.1 Å². The Bertz CT molecular complexity index is 851. The van der Waals surface area contributed by atoms with Gasteiger partial charge in [-0.2, -0.15) is 0 Å². The quantitative estimate of drug-likeness (QED) is 0.332. The van der Waals surface area contributed by atoms with Crippen LogP contribution in [0.1, 0.15) is 17.8 Å². The van der Waals surface area contributed by atoms with Crippen LogP contribution in [-0.2, 0) is 12.8 Å². The first-order chi connectivity index (χ1) is 13.1. The Morgan fingerprint density at radius 1 is 1.00 bits per heavy atom. The van der Waals surface area contributed by atoms with Crippen LogP contribution in [0, 0.1) is 6.92 Å². The Morgan fingerprint density at radius 3 is 2.48 bits per heavy atom. The molecule has 27 heavy (non-hydrogen) atoms. The van der Waals surface area contributed by atoms with Gasteiger partial charge in [-0.15, -0.1) is 22.0 Å². The fourth-order valence-corrected chi connectivity index (χ4v) is 4.17. The lowest BCUT2D eigenvalue weighted by atomic mass is 10.2. The van der Waals surface area contributed by atoms with Crippen LogP contribution >= 0.6 is 35.1 Å². The van der Waals surface area contributed by atoms with Gasteiger partial charge in [-0.3, -0.25) is 0 Å². The van der Waals surface area contributed by atoms with Crippen LogP contribution in [0.15, 0.2) is 58.6 Å². The Balaban J connectivity index is 1.40. The molecule has 1 aromatic heterocycles. The zero-order chi connectivity index (χ0) is 19.1. The molecule has 0 radical (unpaired) electrons. The average Bonchev–Trinajstić information content (AvgIpc) is 3.02. The van der Waals surface area contributed by atoms with Gasteiger partial charge in [0.15, 0.2) is 5.16 Å². The summed E-state index contributed by atoms with van der Waals surface area (Å²) in [5, 5.41) is 10.3. The molecule has 0 aliphatic heterocycles. The largest absolute Gasteiger partial charge is 0.494 e. The fourth-order valence-electron chi connectivity index (χ4n) is 2.32. The van der Waals surface area contributed by atoms with E-state index in [1.807, 2.05) is 31.3 Å². The number of aryl methyl sites for hydroxylation is 1. The molecule has 1 heterocycles. The van der Waals surface area contributed by atoms with Gasteiger partial charge >= 0.3 is 0 Å². The molecule has 0 atom stereocenters. The topological polar surface area (TPSA) is 39.9 Å². The molecule has 0 N–H and O–H groups in total. The number of benzene rings is 2. The molecule has 3 aromatic rings. The molecule has 2 aromatic carbocycles. The van der Waals surface area contributed by atoms with Crippen molar-refractivity contribution in [1.82, 2.24) is 14.8 Å². The van der Waals surface area contributed by atoms with Crippen molar-refractivity contribution in [2.24, 2.45) is 7.05 Å². The summed E-state index contributed by atoms with van der Waals surface area (Å²) in [5.74, 6) is 3.58. The molecule has 4 nitrogen and oxygen atoms in total. The highest BCUT2D eigenvalue weighted by molar-refractivity contribution is 7.99. The second kappa shape index (κ2) is 10.1. The molecule has 0 amide bonds. The van der Waals surface area contributed by atoms with Crippen LogP contribution in [0.25, 0.3) is 0 Å². The van der Waals surface area contributed by atoms with Crippen molar-refractivity contribution >= 4 is 35.1 Å². The highest BCUT2D eigenvalue weighted by Gasteiger charge is 2.09. The molecule has 0 aliphatic carbocycles. The van der Waals surface area contributed by atoms with Crippen molar-refractivity contribution in [2.75, 3.05) is 12.4 Å². The second-order valence-corrected chi connectivity index (χ2v) is 8.61. The molecule has 0 bridgehead atoms. The van der Waals surface area contributed by atoms with Crippen LogP contribution < -0.4 is 4.74 Å². The number of hydrogen-bond donors (Lipinski definition) is 0. The van der Waals surface area contributed by atoms with Gasteiger partial charge in [0.25, 0.3) is 0 Å². The minimum atomic E-state index is 0.669. The van der Waals surface area contributed by atoms with Gasteiger partial charge in [0.1, 0.15) is 11.6 Å². The van der Waals surface area contributed by atoms with Gasteiger partial charge in [0.2, 0.25) is 0 Å². The molecule has 0 aliphatic rings. The minimum Gasteiger partial charge on any atom is -0.494 e. The van der Waals surface area contributed by atoms with Crippen molar-refractivity contribution in [3.05, 3.63) is 64.9 Å². The van der Waals surface area contributed by atoms with Crippen LogP contribution in [-0.4, -0.2) is 27.1 Å². The molecule has 0 saturated carbocycles. The van der Waals surface area contributed by atoms with Gasteiger partial charge in [-0.25, -0.2) is 0 Å². The summed E-state index contributed by atoms with van der Waals surface area (Å²) in [4.78, 5) is 1.25. The van der Waals surface area contributed by atoms with Crippen LogP contribution in [0.2, 0.25) is 5.02 Å². The number of hydrogen-bond acceptors (Lipinski definition) is 5. The normalized spacial score (nSPS) is 10.9.